The van der Waals surface area contributed by atoms with Crippen molar-refractivity contribution in [2.24, 2.45) is 5.92 Å². The molecule has 1 fully saturated rings. The summed E-state index contributed by atoms with van der Waals surface area (Å²) in [7, 11) is -2.78. The molecular weight excluding hydrogens is 359 g/mol. The fourth-order valence-electron chi connectivity index (χ4n) is 3.54. The molecule has 9 nitrogen and oxygen atoms in total. The molecule has 0 aromatic carbocycles. The molecule has 0 bridgehead atoms. The third kappa shape index (κ3) is 3.71. The molecule has 3 rings (SSSR count). The van der Waals surface area contributed by atoms with E-state index >= 15 is 0 Å². The van der Waals surface area contributed by atoms with Gasteiger partial charge >= 0.3 is 8.25 Å². The number of nitrogens with zero attached hydrogens (tertiary/aromatic N) is 3. The van der Waals surface area contributed by atoms with E-state index in [1.807, 2.05) is 13.8 Å². The van der Waals surface area contributed by atoms with E-state index in [2.05, 4.69) is 15.0 Å². The number of nitrogens with one attached hydrogen (secondary N) is 1. The van der Waals surface area contributed by atoms with Crippen LogP contribution in [0.1, 0.15) is 52.6 Å². The van der Waals surface area contributed by atoms with Crippen molar-refractivity contribution >= 4 is 19.4 Å². The van der Waals surface area contributed by atoms with E-state index in [-0.39, 0.29) is 30.5 Å². The molecule has 1 aliphatic heterocycles. The predicted octanol–water partition coefficient (Wildman–Crippen LogP) is 2.82. The Kier molecular flexibility index (Phi) is 6.63. The van der Waals surface area contributed by atoms with Crippen LogP contribution in [0.15, 0.2) is 11.1 Å². The lowest BCUT2D eigenvalue weighted by atomic mass is 9.92. The van der Waals surface area contributed by atoms with E-state index < -0.39 is 20.6 Å². The third-order valence-corrected chi connectivity index (χ3v) is 4.98. The fourth-order valence-corrected chi connectivity index (χ4v) is 4.01. The maximum Gasteiger partial charge on any atom is 0.695 e. The van der Waals surface area contributed by atoms with E-state index in [1.54, 1.807) is 11.5 Å². The van der Waals surface area contributed by atoms with E-state index in [0.717, 1.165) is 19.3 Å². The van der Waals surface area contributed by atoms with E-state index in [9.17, 15) is 14.3 Å². The van der Waals surface area contributed by atoms with Gasteiger partial charge in [0.1, 0.15) is 5.82 Å². The highest BCUT2D eigenvalue weighted by atomic mass is 31.1. The molecule has 0 amide bonds. The van der Waals surface area contributed by atoms with Crippen molar-refractivity contribution in [1.29, 1.82) is 0 Å². The monoisotopic (exact) mass is 385 g/mol. The fraction of sp³-hybridized carbons (Fsp3) is 0.688. The quantitative estimate of drug-likeness (QED) is 0.734. The van der Waals surface area contributed by atoms with Crippen LogP contribution in [0.3, 0.4) is 0 Å². The number of aryl methyl sites for hydroxylation is 1. The van der Waals surface area contributed by atoms with Gasteiger partial charge in [0.2, 0.25) is 0 Å². The van der Waals surface area contributed by atoms with Crippen molar-refractivity contribution in [3.8, 4) is 0 Å². The summed E-state index contributed by atoms with van der Waals surface area (Å²) in [5.41, 5.74) is 0.246. The first-order chi connectivity index (χ1) is 12.0. The maximum atomic E-state index is 12.0. The second kappa shape index (κ2) is 8.35. The number of ether oxygens (including phenoxy) is 1. The van der Waals surface area contributed by atoms with Crippen LogP contribution in [0.5, 0.6) is 0 Å². The number of imidazole rings is 1. The molecular formula is C16H26N4O5P+. The van der Waals surface area contributed by atoms with Crippen molar-refractivity contribution in [2.45, 2.75) is 65.9 Å². The minimum Gasteiger partial charge on any atom is -0.351 e. The van der Waals surface area contributed by atoms with Crippen molar-refractivity contribution in [1.82, 2.24) is 19.5 Å². The first kappa shape index (κ1) is 20.6. The molecule has 0 radical (unpaired) electrons. The summed E-state index contributed by atoms with van der Waals surface area (Å²) in [5, 5.41) is 0. The molecule has 1 aliphatic rings. The lowest BCUT2D eigenvalue weighted by Crippen LogP contribution is -2.28. The van der Waals surface area contributed by atoms with Gasteiger partial charge in [-0.25, -0.2) is 9.97 Å². The van der Waals surface area contributed by atoms with Crippen LogP contribution in [0.2, 0.25) is 0 Å². The standard InChI is InChI=1S/C15H21N4O5P.CH4/c1-4-6-9-10(5-2)23-15(12(9)24-25(21)22)19-7-16-11-13(19)17-8(3)18-14(11)20;/h7,9-10,12,15H,4-6H2,1-3H3,(H-,17,18,20,21,22);1H4/p+1/t9-,10+,12?,15+;/m0./s1. The maximum absolute atomic E-state index is 12.0. The minimum absolute atomic E-state index is 0. The van der Waals surface area contributed by atoms with Crippen LogP contribution in [0.4, 0.5) is 0 Å². The number of H-pyrrole nitrogens is 1. The smallest absolute Gasteiger partial charge is 0.351 e. The molecule has 2 aromatic heterocycles. The number of aromatic amines is 1. The topological polar surface area (TPSA) is 119 Å². The van der Waals surface area contributed by atoms with Gasteiger partial charge in [-0.2, -0.15) is 0 Å². The average molecular weight is 385 g/mol. The van der Waals surface area contributed by atoms with Crippen LogP contribution in [-0.4, -0.2) is 36.6 Å². The molecule has 2 N–H and O–H groups in total. The Morgan fingerprint density at radius 3 is 2.81 bits per heavy atom. The molecule has 10 heteroatoms. The molecule has 2 aromatic rings. The molecule has 2 unspecified atom stereocenters. The highest BCUT2D eigenvalue weighted by molar-refractivity contribution is 7.32. The first-order valence-electron chi connectivity index (χ1n) is 8.38. The minimum atomic E-state index is -2.78. The first-order valence-corrected chi connectivity index (χ1v) is 9.51. The number of hydrogen-bond donors (Lipinski definition) is 2. The Labute approximate surface area is 152 Å². The molecule has 0 aliphatic carbocycles. The average Bonchev–Trinajstić information content (AvgIpc) is 3.09. The summed E-state index contributed by atoms with van der Waals surface area (Å²) in [6.45, 7) is 5.74. The van der Waals surface area contributed by atoms with Crippen molar-refractivity contribution in [2.75, 3.05) is 0 Å². The highest BCUT2D eigenvalue weighted by Gasteiger charge is 2.49. The second-order valence-electron chi connectivity index (χ2n) is 6.21. The number of aromatic nitrogens is 4. The molecule has 0 spiro atoms. The Morgan fingerprint density at radius 1 is 1.46 bits per heavy atom. The zero-order valence-electron chi connectivity index (χ0n) is 14.4. The Balaban J connectivity index is 0.00000243. The van der Waals surface area contributed by atoms with Gasteiger partial charge in [0.15, 0.2) is 23.5 Å². The van der Waals surface area contributed by atoms with Crippen LogP contribution >= 0.6 is 8.25 Å². The van der Waals surface area contributed by atoms with E-state index in [1.165, 1.54) is 6.33 Å². The normalized spacial score (nSPS) is 26.1. The molecule has 144 valence electrons. The van der Waals surface area contributed by atoms with E-state index in [0.29, 0.717) is 11.5 Å². The van der Waals surface area contributed by atoms with Gasteiger partial charge in [0.05, 0.1) is 12.4 Å². The molecule has 5 atom stereocenters. The van der Waals surface area contributed by atoms with Gasteiger partial charge < -0.3 is 9.72 Å². The number of hydrogen-bond acceptors (Lipinski definition) is 6. The molecule has 1 saturated heterocycles. The lowest BCUT2D eigenvalue weighted by molar-refractivity contribution is -0.0297. The second-order valence-corrected chi connectivity index (χ2v) is 6.90. The predicted molar refractivity (Wildman–Crippen MR) is 96.9 cm³/mol. The molecule has 3 heterocycles. The summed E-state index contributed by atoms with van der Waals surface area (Å²) < 4.78 is 24.4. The molecule has 0 saturated carbocycles. The number of rotatable bonds is 6. The van der Waals surface area contributed by atoms with Gasteiger partial charge in [-0.3, -0.25) is 9.36 Å². The summed E-state index contributed by atoms with van der Waals surface area (Å²) in [5.74, 6) is 0.437. The van der Waals surface area contributed by atoms with Gasteiger partial charge in [-0.1, -0.05) is 27.7 Å². The van der Waals surface area contributed by atoms with Crippen LogP contribution in [0, 0.1) is 12.8 Å². The van der Waals surface area contributed by atoms with Crippen LogP contribution in [-0.2, 0) is 13.8 Å². The third-order valence-electron chi connectivity index (χ3n) is 4.56. The van der Waals surface area contributed by atoms with Gasteiger partial charge in [-0.05, 0) is 19.8 Å². The van der Waals surface area contributed by atoms with Crippen LogP contribution in [0.25, 0.3) is 11.2 Å². The summed E-state index contributed by atoms with van der Waals surface area (Å²) in [4.78, 5) is 32.4. The zero-order valence-corrected chi connectivity index (χ0v) is 15.3. The van der Waals surface area contributed by atoms with Crippen LogP contribution < -0.4 is 5.56 Å². The summed E-state index contributed by atoms with van der Waals surface area (Å²) in [6, 6.07) is 0. The van der Waals surface area contributed by atoms with Crippen molar-refractivity contribution in [3.63, 3.8) is 0 Å². The highest BCUT2D eigenvalue weighted by Crippen LogP contribution is 2.43. The largest absolute Gasteiger partial charge is 0.695 e. The lowest BCUT2D eigenvalue weighted by Gasteiger charge is -2.18. The molecule has 26 heavy (non-hydrogen) atoms. The van der Waals surface area contributed by atoms with Crippen molar-refractivity contribution < 1.29 is 18.7 Å². The van der Waals surface area contributed by atoms with Crippen molar-refractivity contribution in [3.05, 3.63) is 22.5 Å². The Hall–Kier alpha value is -1.67. The number of fused-ring (bicyclic) bond motifs is 1. The van der Waals surface area contributed by atoms with Gasteiger partial charge in [0, 0.05) is 10.5 Å². The van der Waals surface area contributed by atoms with Gasteiger partial charge in [-0.15, -0.1) is 9.42 Å². The summed E-state index contributed by atoms with van der Waals surface area (Å²) in [6.07, 6.45) is 2.56. The van der Waals surface area contributed by atoms with Gasteiger partial charge in [0.25, 0.3) is 5.56 Å². The SMILES string of the molecule is C.CCC[C@@H]1C(O[P+](=O)O)[C@H](n2cnc3c(=O)[nH]c(C)nc32)O[C@@H]1CC. The Bertz CT molecular complexity index is 836. The van der Waals surface area contributed by atoms with E-state index in [4.69, 9.17) is 9.26 Å². The summed E-state index contributed by atoms with van der Waals surface area (Å²) >= 11 is 0. The Morgan fingerprint density at radius 2 is 2.19 bits per heavy atom. The zero-order chi connectivity index (χ0) is 18.1.